The number of benzene rings is 1. The zero-order valence-corrected chi connectivity index (χ0v) is 12.7. The summed E-state index contributed by atoms with van der Waals surface area (Å²) in [7, 11) is 0. The van der Waals surface area contributed by atoms with E-state index in [1.807, 2.05) is 37.3 Å². The van der Waals surface area contributed by atoms with Crippen LogP contribution in [0, 0.1) is 0 Å². The van der Waals surface area contributed by atoms with Gasteiger partial charge in [0.05, 0.1) is 6.04 Å². The first kappa shape index (κ1) is 17.9. The number of allylic oxidation sites excluding steroid dienone is 1. The minimum atomic E-state index is -1.19. The Kier molecular flexibility index (Phi) is 7.96. The molecular formula is C17H23NO4. The molecule has 0 heterocycles. The fourth-order valence-electron chi connectivity index (χ4n) is 1.78. The lowest BCUT2D eigenvalue weighted by molar-refractivity contribution is 0.0313. The Hall–Kier alpha value is -2.11. The van der Waals surface area contributed by atoms with Crippen LogP contribution < -0.4 is 5.32 Å². The predicted octanol–water partition coefficient (Wildman–Crippen LogP) is 2.16. The van der Waals surface area contributed by atoms with Gasteiger partial charge >= 0.3 is 6.09 Å². The lowest BCUT2D eigenvalue weighted by Gasteiger charge is -2.23. The number of nitrogens with one attached hydrogen (secondary N) is 1. The van der Waals surface area contributed by atoms with Gasteiger partial charge in [-0.15, -0.1) is 6.58 Å². The van der Waals surface area contributed by atoms with Crippen LogP contribution in [0.15, 0.2) is 55.1 Å². The van der Waals surface area contributed by atoms with Gasteiger partial charge in [0.15, 0.2) is 0 Å². The van der Waals surface area contributed by atoms with E-state index in [4.69, 9.17) is 4.74 Å². The number of carbonyl (C=O) groups is 1. The monoisotopic (exact) mass is 305 g/mol. The number of ether oxygens (including phenoxy) is 1. The largest absolute Gasteiger partial charge is 0.445 e. The van der Waals surface area contributed by atoms with Crippen LogP contribution in [0.5, 0.6) is 0 Å². The summed E-state index contributed by atoms with van der Waals surface area (Å²) in [4.78, 5) is 11.8. The molecule has 0 aromatic heterocycles. The normalized spacial score (nSPS) is 15.0. The van der Waals surface area contributed by atoms with Gasteiger partial charge in [0.2, 0.25) is 0 Å². The highest BCUT2D eigenvalue weighted by molar-refractivity contribution is 5.68. The van der Waals surface area contributed by atoms with Crippen molar-refractivity contribution in [3.8, 4) is 0 Å². The van der Waals surface area contributed by atoms with Crippen LogP contribution in [0.2, 0.25) is 0 Å². The average molecular weight is 305 g/mol. The molecule has 0 fully saturated rings. The number of rotatable bonds is 8. The average Bonchev–Trinajstić information content (AvgIpc) is 2.56. The maximum Gasteiger partial charge on any atom is 0.408 e. The summed E-state index contributed by atoms with van der Waals surface area (Å²) < 4.78 is 5.10. The van der Waals surface area contributed by atoms with E-state index in [1.165, 1.54) is 6.08 Å². The van der Waals surface area contributed by atoms with Crippen LogP contribution in [0.3, 0.4) is 0 Å². The van der Waals surface area contributed by atoms with E-state index in [2.05, 4.69) is 11.9 Å². The molecule has 0 bridgehead atoms. The molecule has 5 nitrogen and oxygen atoms in total. The van der Waals surface area contributed by atoms with Gasteiger partial charge in [-0.3, -0.25) is 0 Å². The van der Waals surface area contributed by atoms with Gasteiger partial charge in [0.25, 0.3) is 0 Å². The highest BCUT2D eigenvalue weighted by Crippen LogP contribution is 2.06. The number of amides is 1. The molecule has 0 radical (unpaired) electrons. The number of hydrogen-bond acceptors (Lipinski definition) is 4. The van der Waals surface area contributed by atoms with Crippen LogP contribution >= 0.6 is 0 Å². The van der Waals surface area contributed by atoms with Gasteiger partial charge in [-0.05, 0) is 12.0 Å². The van der Waals surface area contributed by atoms with E-state index in [-0.39, 0.29) is 6.61 Å². The van der Waals surface area contributed by atoms with Crippen molar-refractivity contribution in [1.29, 1.82) is 0 Å². The van der Waals surface area contributed by atoms with Crippen molar-refractivity contribution in [2.75, 3.05) is 0 Å². The Morgan fingerprint density at radius 1 is 1.36 bits per heavy atom. The van der Waals surface area contributed by atoms with Gasteiger partial charge in [0, 0.05) is 0 Å². The Bertz CT molecular complexity index is 487. The van der Waals surface area contributed by atoms with Crippen LogP contribution in [-0.2, 0) is 11.3 Å². The van der Waals surface area contributed by atoms with Crippen molar-refractivity contribution in [3.63, 3.8) is 0 Å². The number of carbonyl (C=O) groups excluding carboxylic acids is 1. The predicted molar refractivity (Wildman–Crippen MR) is 85.2 cm³/mol. The van der Waals surface area contributed by atoms with Crippen molar-refractivity contribution in [2.24, 2.45) is 0 Å². The molecular weight excluding hydrogens is 282 g/mol. The summed E-state index contributed by atoms with van der Waals surface area (Å²) in [6, 6.07) is 8.52. The second-order valence-corrected chi connectivity index (χ2v) is 4.79. The summed E-state index contributed by atoms with van der Waals surface area (Å²) in [5.41, 5.74) is 0.866. The Morgan fingerprint density at radius 3 is 2.64 bits per heavy atom. The molecule has 0 spiro atoms. The highest BCUT2D eigenvalue weighted by Gasteiger charge is 2.24. The molecule has 1 aromatic rings. The van der Waals surface area contributed by atoms with Crippen molar-refractivity contribution >= 4 is 6.09 Å². The smallest absolute Gasteiger partial charge is 0.408 e. The molecule has 0 unspecified atom stereocenters. The zero-order chi connectivity index (χ0) is 16.4. The first-order valence-electron chi connectivity index (χ1n) is 7.21. The molecule has 3 atom stereocenters. The number of hydrogen-bond donors (Lipinski definition) is 3. The molecule has 1 rings (SSSR count). The molecule has 1 aromatic carbocycles. The van der Waals surface area contributed by atoms with Crippen LogP contribution in [0.25, 0.3) is 0 Å². The molecule has 0 aliphatic carbocycles. The first-order chi connectivity index (χ1) is 10.6. The van der Waals surface area contributed by atoms with E-state index in [9.17, 15) is 15.0 Å². The number of aliphatic hydroxyl groups excluding tert-OH is 2. The summed E-state index contributed by atoms with van der Waals surface area (Å²) >= 11 is 0. The third-order valence-corrected chi connectivity index (χ3v) is 3.04. The Morgan fingerprint density at radius 2 is 2.05 bits per heavy atom. The summed E-state index contributed by atoms with van der Waals surface area (Å²) in [5.74, 6) is 0. The van der Waals surface area contributed by atoms with E-state index in [0.717, 1.165) is 12.0 Å². The molecule has 5 heteroatoms. The minimum Gasteiger partial charge on any atom is -0.445 e. The fourth-order valence-corrected chi connectivity index (χ4v) is 1.78. The molecule has 120 valence electrons. The lowest BCUT2D eigenvalue weighted by Crippen LogP contribution is -2.47. The quantitative estimate of drug-likeness (QED) is 0.643. The Balaban J connectivity index is 2.58. The molecule has 0 saturated carbocycles. The fraction of sp³-hybridized carbons (Fsp3) is 0.353. The van der Waals surface area contributed by atoms with Gasteiger partial charge in [-0.25, -0.2) is 4.79 Å². The van der Waals surface area contributed by atoms with Gasteiger partial charge < -0.3 is 20.3 Å². The SMILES string of the molecule is C=C[C@H](O)[C@@H](O)[C@H](/C=C/CC)NC(=O)OCc1ccccc1. The van der Waals surface area contributed by atoms with E-state index in [0.29, 0.717) is 0 Å². The van der Waals surface area contributed by atoms with Gasteiger partial charge in [-0.2, -0.15) is 0 Å². The number of alkyl carbamates (subject to hydrolysis) is 1. The molecule has 22 heavy (non-hydrogen) atoms. The van der Waals surface area contributed by atoms with Crippen molar-refractivity contribution in [1.82, 2.24) is 5.32 Å². The van der Waals surface area contributed by atoms with E-state index >= 15 is 0 Å². The van der Waals surface area contributed by atoms with Gasteiger partial charge in [-0.1, -0.05) is 55.5 Å². The molecule has 0 aliphatic heterocycles. The highest BCUT2D eigenvalue weighted by atomic mass is 16.5. The summed E-state index contributed by atoms with van der Waals surface area (Å²) in [5, 5.41) is 22.1. The van der Waals surface area contributed by atoms with Crippen molar-refractivity contribution < 1.29 is 19.7 Å². The van der Waals surface area contributed by atoms with Crippen molar-refractivity contribution in [3.05, 3.63) is 60.7 Å². The second-order valence-electron chi connectivity index (χ2n) is 4.79. The molecule has 1 amide bonds. The third kappa shape index (κ3) is 6.11. The zero-order valence-electron chi connectivity index (χ0n) is 12.7. The summed E-state index contributed by atoms with van der Waals surface area (Å²) in [6.07, 6.45) is 2.39. The second kappa shape index (κ2) is 9.76. The summed E-state index contributed by atoms with van der Waals surface area (Å²) in [6.45, 7) is 5.49. The maximum atomic E-state index is 11.8. The third-order valence-electron chi connectivity index (χ3n) is 3.04. The topological polar surface area (TPSA) is 78.8 Å². The first-order valence-corrected chi connectivity index (χ1v) is 7.21. The van der Waals surface area contributed by atoms with Crippen LogP contribution in [0.4, 0.5) is 4.79 Å². The van der Waals surface area contributed by atoms with Crippen LogP contribution in [-0.4, -0.2) is 34.6 Å². The minimum absolute atomic E-state index is 0.136. The Labute approximate surface area is 130 Å². The van der Waals surface area contributed by atoms with E-state index < -0.39 is 24.3 Å². The van der Waals surface area contributed by atoms with Crippen molar-refractivity contribution in [2.45, 2.75) is 38.2 Å². The molecule has 0 aliphatic rings. The lowest BCUT2D eigenvalue weighted by atomic mass is 10.0. The van der Waals surface area contributed by atoms with Gasteiger partial charge in [0.1, 0.15) is 18.8 Å². The standard InChI is InChI=1S/C17H23NO4/c1-3-5-11-14(16(20)15(19)4-2)18-17(21)22-12-13-9-7-6-8-10-13/h4-11,14-16,19-20H,2-3,12H2,1H3,(H,18,21)/b11-5+/t14-,15-,16-/m0/s1. The maximum absolute atomic E-state index is 11.8. The van der Waals surface area contributed by atoms with E-state index in [1.54, 1.807) is 12.2 Å². The molecule has 3 N–H and O–H groups in total. The molecule has 0 saturated heterocycles. The number of aliphatic hydroxyl groups is 2. The van der Waals surface area contributed by atoms with Crippen LogP contribution in [0.1, 0.15) is 18.9 Å².